The van der Waals surface area contributed by atoms with Crippen LogP contribution in [0.15, 0.2) is 34.7 Å². The van der Waals surface area contributed by atoms with E-state index < -0.39 is 5.97 Å². The topological polar surface area (TPSA) is 59.8 Å². The highest BCUT2D eigenvalue weighted by molar-refractivity contribution is 5.98. The number of aryl methyl sites for hydroxylation is 3. The Morgan fingerprint density at radius 2 is 2.04 bits per heavy atom. The maximum absolute atomic E-state index is 12.6. The quantitative estimate of drug-likeness (QED) is 0.811. The minimum atomic E-state index is -0.532. The van der Waals surface area contributed by atoms with Crippen LogP contribution in [0.4, 0.5) is 5.69 Å². The van der Waals surface area contributed by atoms with E-state index in [0.29, 0.717) is 17.1 Å². The van der Waals surface area contributed by atoms with E-state index in [1.54, 1.807) is 24.8 Å². The zero-order valence-electron chi connectivity index (χ0n) is 14.2. The summed E-state index contributed by atoms with van der Waals surface area (Å²) >= 11 is 0. The number of carbonyl (C=O) groups excluding carboxylic acids is 2. The van der Waals surface area contributed by atoms with Gasteiger partial charge in [0.15, 0.2) is 6.61 Å². The van der Waals surface area contributed by atoms with Gasteiger partial charge < -0.3 is 14.1 Å². The Balaban J connectivity index is 1.71. The molecule has 24 heavy (non-hydrogen) atoms. The van der Waals surface area contributed by atoms with E-state index >= 15 is 0 Å². The number of benzene rings is 1. The van der Waals surface area contributed by atoms with Gasteiger partial charge in [-0.05, 0) is 51.3 Å². The van der Waals surface area contributed by atoms with Gasteiger partial charge >= 0.3 is 5.97 Å². The van der Waals surface area contributed by atoms with Gasteiger partial charge in [-0.1, -0.05) is 18.2 Å². The molecule has 0 aliphatic carbocycles. The monoisotopic (exact) mass is 327 g/mol. The van der Waals surface area contributed by atoms with Crippen LogP contribution < -0.4 is 4.90 Å². The second kappa shape index (κ2) is 6.51. The average Bonchev–Trinajstić information content (AvgIpc) is 2.90. The molecule has 0 N–H and O–H groups in total. The summed E-state index contributed by atoms with van der Waals surface area (Å²) in [6.45, 7) is 5.20. The van der Waals surface area contributed by atoms with Crippen molar-refractivity contribution in [3.05, 3.63) is 53.0 Å². The number of esters is 1. The summed E-state index contributed by atoms with van der Waals surface area (Å²) in [7, 11) is 0. The summed E-state index contributed by atoms with van der Waals surface area (Å²) in [5.74, 6) is 0.405. The zero-order valence-corrected chi connectivity index (χ0v) is 14.2. The number of hydrogen-bond acceptors (Lipinski definition) is 4. The summed E-state index contributed by atoms with van der Waals surface area (Å²) in [6, 6.07) is 9.58. The van der Waals surface area contributed by atoms with Crippen molar-refractivity contribution in [2.75, 3.05) is 11.5 Å². The lowest BCUT2D eigenvalue weighted by atomic mass is 9.96. The minimum absolute atomic E-state index is 0.0870. The van der Waals surface area contributed by atoms with Crippen molar-refractivity contribution in [3.63, 3.8) is 0 Å². The molecule has 5 nitrogen and oxygen atoms in total. The van der Waals surface area contributed by atoms with Crippen LogP contribution in [0, 0.1) is 13.8 Å². The summed E-state index contributed by atoms with van der Waals surface area (Å²) in [5, 5.41) is 0. The van der Waals surface area contributed by atoms with Gasteiger partial charge in [-0.3, -0.25) is 4.79 Å². The molecule has 0 radical (unpaired) electrons. The van der Waals surface area contributed by atoms with Crippen molar-refractivity contribution >= 4 is 17.6 Å². The smallest absolute Gasteiger partial charge is 0.342 e. The fraction of sp³-hybridized carbons (Fsp3) is 0.368. The Morgan fingerprint density at radius 1 is 1.29 bits per heavy atom. The molecule has 0 bridgehead atoms. The number of furan rings is 1. The number of nitrogens with zero attached hydrogens (tertiary/aromatic N) is 1. The maximum Gasteiger partial charge on any atom is 0.342 e. The van der Waals surface area contributed by atoms with Crippen LogP contribution in [0.3, 0.4) is 0 Å². The van der Waals surface area contributed by atoms with Gasteiger partial charge in [0.05, 0.1) is 0 Å². The SMILES string of the molecule is Cc1cc(C(=O)OCC(=O)N2c3ccccc3CCC2C)c(C)o1. The lowest BCUT2D eigenvalue weighted by Gasteiger charge is -2.35. The molecule has 3 rings (SSSR count). The highest BCUT2D eigenvalue weighted by Gasteiger charge is 2.28. The Hall–Kier alpha value is -2.56. The van der Waals surface area contributed by atoms with Crippen LogP contribution in [-0.4, -0.2) is 24.5 Å². The van der Waals surface area contributed by atoms with Gasteiger partial charge in [0.2, 0.25) is 0 Å². The lowest BCUT2D eigenvalue weighted by molar-refractivity contribution is -0.122. The highest BCUT2D eigenvalue weighted by Crippen LogP contribution is 2.30. The van der Waals surface area contributed by atoms with Gasteiger partial charge in [-0.25, -0.2) is 4.79 Å². The zero-order chi connectivity index (χ0) is 17.3. The molecule has 0 spiro atoms. The van der Waals surface area contributed by atoms with Crippen molar-refractivity contribution in [2.45, 2.75) is 39.7 Å². The number of carbonyl (C=O) groups is 2. The third kappa shape index (κ3) is 3.07. The Kier molecular flexibility index (Phi) is 4.42. The van der Waals surface area contributed by atoms with E-state index in [9.17, 15) is 9.59 Å². The highest BCUT2D eigenvalue weighted by atomic mass is 16.5. The van der Waals surface area contributed by atoms with Crippen molar-refractivity contribution in [3.8, 4) is 0 Å². The fourth-order valence-corrected chi connectivity index (χ4v) is 3.18. The third-order valence-corrected chi connectivity index (χ3v) is 4.38. The average molecular weight is 327 g/mol. The molecule has 0 saturated carbocycles. The predicted octanol–water partition coefficient (Wildman–Crippen LogP) is 3.42. The van der Waals surface area contributed by atoms with Gasteiger partial charge in [0.25, 0.3) is 5.91 Å². The molecule has 1 aliphatic heterocycles. The molecule has 5 heteroatoms. The molecule has 1 aliphatic rings. The third-order valence-electron chi connectivity index (χ3n) is 4.38. The first-order valence-corrected chi connectivity index (χ1v) is 8.11. The van der Waals surface area contributed by atoms with Gasteiger partial charge in [-0.15, -0.1) is 0 Å². The largest absolute Gasteiger partial charge is 0.466 e. The van der Waals surface area contributed by atoms with Gasteiger partial charge in [0, 0.05) is 11.7 Å². The fourth-order valence-electron chi connectivity index (χ4n) is 3.18. The number of amides is 1. The maximum atomic E-state index is 12.6. The number of fused-ring (bicyclic) bond motifs is 1. The molecule has 1 aromatic carbocycles. The molecule has 2 heterocycles. The van der Waals surface area contributed by atoms with Crippen LogP contribution in [0.2, 0.25) is 0 Å². The summed E-state index contributed by atoms with van der Waals surface area (Å²) in [5.41, 5.74) is 2.43. The first kappa shape index (κ1) is 16.3. The second-order valence-corrected chi connectivity index (χ2v) is 6.18. The second-order valence-electron chi connectivity index (χ2n) is 6.18. The Morgan fingerprint density at radius 3 is 2.75 bits per heavy atom. The predicted molar refractivity (Wildman–Crippen MR) is 90.2 cm³/mol. The van der Waals surface area contributed by atoms with E-state index in [0.717, 1.165) is 24.1 Å². The minimum Gasteiger partial charge on any atom is -0.466 e. The lowest BCUT2D eigenvalue weighted by Crippen LogP contribution is -2.44. The number of rotatable bonds is 3. The summed E-state index contributed by atoms with van der Waals surface area (Å²) in [6.07, 6.45) is 1.85. The van der Waals surface area contributed by atoms with Gasteiger partial charge in [0.1, 0.15) is 17.1 Å². The first-order chi connectivity index (χ1) is 11.5. The number of hydrogen-bond donors (Lipinski definition) is 0. The molecule has 0 saturated heterocycles. The molecule has 126 valence electrons. The summed E-state index contributed by atoms with van der Waals surface area (Å²) < 4.78 is 10.5. The molecule has 0 fully saturated rings. The molecule has 2 aromatic rings. The van der Waals surface area contributed by atoms with Crippen molar-refractivity contribution in [1.82, 2.24) is 0 Å². The summed E-state index contributed by atoms with van der Waals surface area (Å²) in [4.78, 5) is 26.5. The van der Waals surface area contributed by atoms with Crippen LogP contribution in [0.25, 0.3) is 0 Å². The number of para-hydroxylation sites is 1. The molecule has 1 atom stereocenters. The normalized spacial score (nSPS) is 16.6. The molecular formula is C19H21NO4. The van der Waals surface area contributed by atoms with Crippen LogP contribution in [0.1, 0.15) is 40.8 Å². The Labute approximate surface area is 141 Å². The first-order valence-electron chi connectivity index (χ1n) is 8.11. The molecule has 1 unspecified atom stereocenters. The van der Waals surface area contributed by atoms with Crippen LogP contribution in [0.5, 0.6) is 0 Å². The van der Waals surface area contributed by atoms with Crippen LogP contribution in [-0.2, 0) is 16.0 Å². The van der Waals surface area contributed by atoms with E-state index in [-0.39, 0.29) is 18.6 Å². The number of anilines is 1. The Bertz CT molecular complexity index is 777. The van der Waals surface area contributed by atoms with Crippen molar-refractivity contribution in [1.29, 1.82) is 0 Å². The van der Waals surface area contributed by atoms with E-state index in [1.807, 2.05) is 31.2 Å². The number of ether oxygens (including phenoxy) is 1. The molecule has 1 amide bonds. The molecular weight excluding hydrogens is 306 g/mol. The molecule has 1 aromatic heterocycles. The van der Waals surface area contributed by atoms with Crippen molar-refractivity contribution in [2.24, 2.45) is 0 Å². The van der Waals surface area contributed by atoms with E-state index in [2.05, 4.69) is 0 Å². The van der Waals surface area contributed by atoms with E-state index in [4.69, 9.17) is 9.15 Å². The van der Waals surface area contributed by atoms with Gasteiger partial charge in [-0.2, -0.15) is 0 Å². The standard InChI is InChI=1S/C19H21NO4/c1-12-8-9-15-6-4-5-7-17(15)20(12)18(21)11-23-19(22)16-10-13(2)24-14(16)3/h4-7,10,12H,8-9,11H2,1-3H3. The van der Waals surface area contributed by atoms with E-state index in [1.165, 1.54) is 0 Å². The van der Waals surface area contributed by atoms with Crippen molar-refractivity contribution < 1.29 is 18.7 Å². The van der Waals surface area contributed by atoms with Crippen LogP contribution >= 0.6 is 0 Å².